The summed E-state index contributed by atoms with van der Waals surface area (Å²) in [5.41, 5.74) is 6.95. The van der Waals surface area contributed by atoms with Gasteiger partial charge in [0.05, 0.1) is 9.79 Å². The molecule has 5 heteroatoms. The van der Waals surface area contributed by atoms with Crippen LogP contribution in [-0.4, -0.2) is 15.5 Å². The second kappa shape index (κ2) is 4.70. The fourth-order valence-corrected chi connectivity index (χ4v) is 2.84. The maximum atomic E-state index is 12.3. The lowest BCUT2D eigenvalue weighted by atomic mass is 10.3. The summed E-state index contributed by atoms with van der Waals surface area (Å²) < 4.78 is 24.6. The average Bonchev–Trinajstić information content (AvgIpc) is 2.39. The lowest BCUT2D eigenvalue weighted by molar-refractivity contribution is 0.596. The van der Waals surface area contributed by atoms with Gasteiger partial charge in [-0.3, -0.25) is 0 Å². The van der Waals surface area contributed by atoms with Crippen LogP contribution in [0.4, 0.5) is 11.4 Å². The van der Waals surface area contributed by atoms with E-state index < -0.39 is 9.84 Å². The molecule has 3 N–H and O–H groups in total. The van der Waals surface area contributed by atoms with Gasteiger partial charge in [-0.1, -0.05) is 0 Å². The molecule has 0 spiro atoms. The van der Waals surface area contributed by atoms with Gasteiger partial charge in [0.15, 0.2) is 0 Å². The number of nitrogens with one attached hydrogen (secondary N) is 1. The fourth-order valence-electron chi connectivity index (χ4n) is 1.58. The molecule has 0 fully saturated rings. The number of nitrogens with two attached hydrogens (primary N) is 1. The van der Waals surface area contributed by atoms with Crippen molar-refractivity contribution in [3.8, 4) is 0 Å². The van der Waals surface area contributed by atoms with Crippen LogP contribution >= 0.6 is 0 Å². The van der Waals surface area contributed by atoms with Crippen LogP contribution in [0.5, 0.6) is 0 Å². The van der Waals surface area contributed by atoms with E-state index in [-0.39, 0.29) is 9.79 Å². The van der Waals surface area contributed by atoms with E-state index in [1.807, 2.05) is 0 Å². The van der Waals surface area contributed by atoms with E-state index in [2.05, 4.69) is 5.32 Å². The van der Waals surface area contributed by atoms with E-state index >= 15 is 0 Å². The zero-order chi connectivity index (χ0) is 13.2. The van der Waals surface area contributed by atoms with E-state index in [1.54, 1.807) is 43.4 Å². The highest BCUT2D eigenvalue weighted by molar-refractivity contribution is 7.91. The maximum Gasteiger partial charge on any atom is 0.206 e. The number of sulfone groups is 1. The number of hydrogen-bond acceptors (Lipinski definition) is 4. The summed E-state index contributed by atoms with van der Waals surface area (Å²) in [4.78, 5) is 0.514. The first-order valence-electron chi connectivity index (χ1n) is 5.42. The zero-order valence-corrected chi connectivity index (χ0v) is 10.7. The standard InChI is InChI=1S/C13H14N2O2S/c1-15-11-4-8-13(9-5-11)18(16,17)12-6-2-10(14)3-7-12/h2-9,15H,14H2,1H3. The SMILES string of the molecule is CNc1ccc(S(=O)(=O)c2ccc(N)cc2)cc1. The Morgan fingerprint density at radius 2 is 1.33 bits per heavy atom. The molecule has 0 radical (unpaired) electrons. The lowest BCUT2D eigenvalue weighted by Gasteiger charge is -2.06. The second-order valence-corrected chi connectivity index (χ2v) is 5.80. The summed E-state index contributed by atoms with van der Waals surface area (Å²) in [6.07, 6.45) is 0. The molecule has 0 aliphatic rings. The maximum absolute atomic E-state index is 12.3. The van der Waals surface area contributed by atoms with Gasteiger partial charge < -0.3 is 11.1 Å². The predicted octanol–water partition coefficient (Wildman–Crippen LogP) is 2.14. The molecule has 0 saturated heterocycles. The molecule has 0 saturated carbocycles. The van der Waals surface area contributed by atoms with Gasteiger partial charge in [0, 0.05) is 18.4 Å². The summed E-state index contributed by atoms with van der Waals surface area (Å²) in [5, 5.41) is 2.94. The third kappa shape index (κ3) is 2.31. The molecule has 0 atom stereocenters. The van der Waals surface area contributed by atoms with Gasteiger partial charge in [-0.2, -0.15) is 0 Å². The number of benzene rings is 2. The van der Waals surface area contributed by atoms with E-state index in [9.17, 15) is 8.42 Å². The quantitative estimate of drug-likeness (QED) is 0.831. The van der Waals surface area contributed by atoms with Gasteiger partial charge in [0.25, 0.3) is 0 Å². The van der Waals surface area contributed by atoms with Crippen molar-refractivity contribution in [2.45, 2.75) is 9.79 Å². The molecule has 0 amide bonds. The molecule has 0 aliphatic carbocycles. The Kier molecular flexibility index (Phi) is 3.25. The molecule has 0 unspecified atom stereocenters. The average molecular weight is 262 g/mol. The minimum absolute atomic E-state index is 0.244. The van der Waals surface area contributed by atoms with Crippen LogP contribution in [0.15, 0.2) is 58.3 Å². The number of nitrogen functional groups attached to an aromatic ring is 1. The monoisotopic (exact) mass is 262 g/mol. The number of rotatable bonds is 3. The Morgan fingerprint density at radius 3 is 1.78 bits per heavy atom. The Bertz CT molecular complexity index is 632. The minimum atomic E-state index is -3.46. The Labute approximate surface area is 106 Å². The van der Waals surface area contributed by atoms with E-state index in [0.29, 0.717) is 5.69 Å². The van der Waals surface area contributed by atoms with Gasteiger partial charge in [0.1, 0.15) is 0 Å². The molecule has 0 bridgehead atoms. The molecule has 0 aromatic heterocycles. The van der Waals surface area contributed by atoms with Crippen LogP contribution in [0.1, 0.15) is 0 Å². The molecule has 2 aromatic carbocycles. The Balaban J connectivity index is 2.44. The molecular formula is C13H14N2O2S. The molecule has 2 rings (SSSR count). The Hall–Kier alpha value is -2.01. The van der Waals surface area contributed by atoms with E-state index in [0.717, 1.165) is 5.69 Å². The molecule has 0 aliphatic heterocycles. The second-order valence-electron chi connectivity index (χ2n) is 3.85. The van der Waals surface area contributed by atoms with Crippen LogP contribution in [0.3, 0.4) is 0 Å². The molecule has 94 valence electrons. The lowest BCUT2D eigenvalue weighted by Crippen LogP contribution is -2.02. The fraction of sp³-hybridized carbons (Fsp3) is 0.0769. The molecule has 0 heterocycles. The van der Waals surface area contributed by atoms with Crippen LogP contribution in [0, 0.1) is 0 Å². The van der Waals surface area contributed by atoms with Gasteiger partial charge >= 0.3 is 0 Å². The first kappa shape index (κ1) is 12.4. The van der Waals surface area contributed by atoms with Gasteiger partial charge in [-0.25, -0.2) is 8.42 Å². The van der Waals surface area contributed by atoms with Crippen molar-refractivity contribution in [1.29, 1.82) is 0 Å². The Morgan fingerprint density at radius 1 is 0.889 bits per heavy atom. The van der Waals surface area contributed by atoms with E-state index in [4.69, 9.17) is 5.73 Å². The van der Waals surface area contributed by atoms with Crippen LogP contribution in [0.2, 0.25) is 0 Å². The highest BCUT2D eigenvalue weighted by Gasteiger charge is 2.16. The van der Waals surface area contributed by atoms with Crippen LogP contribution in [-0.2, 0) is 9.84 Å². The summed E-state index contributed by atoms with van der Waals surface area (Å²) in [7, 11) is -1.68. The molecule has 2 aromatic rings. The van der Waals surface area contributed by atoms with Crippen molar-refractivity contribution >= 4 is 21.2 Å². The smallest absolute Gasteiger partial charge is 0.206 e. The van der Waals surface area contributed by atoms with Crippen molar-refractivity contribution < 1.29 is 8.42 Å². The first-order valence-corrected chi connectivity index (χ1v) is 6.91. The first-order chi connectivity index (χ1) is 8.54. The highest BCUT2D eigenvalue weighted by Crippen LogP contribution is 2.22. The number of anilines is 2. The summed E-state index contributed by atoms with van der Waals surface area (Å²) in [6, 6.07) is 12.8. The minimum Gasteiger partial charge on any atom is -0.399 e. The van der Waals surface area contributed by atoms with Gasteiger partial charge in [-0.15, -0.1) is 0 Å². The molecular weight excluding hydrogens is 248 g/mol. The predicted molar refractivity (Wildman–Crippen MR) is 72.3 cm³/mol. The van der Waals surface area contributed by atoms with Crippen molar-refractivity contribution in [1.82, 2.24) is 0 Å². The number of hydrogen-bond donors (Lipinski definition) is 2. The molecule has 18 heavy (non-hydrogen) atoms. The van der Waals surface area contributed by atoms with Gasteiger partial charge in [-0.05, 0) is 48.5 Å². The summed E-state index contributed by atoms with van der Waals surface area (Å²) in [6.45, 7) is 0. The topological polar surface area (TPSA) is 72.2 Å². The van der Waals surface area contributed by atoms with Crippen LogP contribution < -0.4 is 11.1 Å². The zero-order valence-electron chi connectivity index (χ0n) is 9.92. The highest BCUT2D eigenvalue weighted by atomic mass is 32.2. The normalized spacial score (nSPS) is 11.2. The van der Waals surface area contributed by atoms with Gasteiger partial charge in [0.2, 0.25) is 9.84 Å². The van der Waals surface area contributed by atoms with Crippen molar-refractivity contribution in [3.05, 3.63) is 48.5 Å². The van der Waals surface area contributed by atoms with E-state index in [1.165, 1.54) is 12.1 Å². The summed E-state index contributed by atoms with van der Waals surface area (Å²) in [5.74, 6) is 0. The van der Waals surface area contributed by atoms with Crippen molar-refractivity contribution in [2.75, 3.05) is 18.1 Å². The summed E-state index contributed by atoms with van der Waals surface area (Å²) >= 11 is 0. The van der Waals surface area contributed by atoms with Crippen molar-refractivity contribution in [3.63, 3.8) is 0 Å². The molecule has 4 nitrogen and oxygen atoms in total. The third-order valence-electron chi connectivity index (χ3n) is 2.64. The largest absolute Gasteiger partial charge is 0.399 e. The van der Waals surface area contributed by atoms with Crippen molar-refractivity contribution in [2.24, 2.45) is 0 Å². The van der Waals surface area contributed by atoms with Crippen LogP contribution in [0.25, 0.3) is 0 Å². The third-order valence-corrected chi connectivity index (χ3v) is 4.43.